The Kier molecular flexibility index (Phi) is 8.76. The molecule has 6 N–H and O–H groups in total. The summed E-state index contributed by atoms with van der Waals surface area (Å²) in [5.41, 5.74) is 9.09. The van der Waals surface area contributed by atoms with Gasteiger partial charge in [-0.25, -0.2) is 20.0 Å². The van der Waals surface area contributed by atoms with Gasteiger partial charge in [-0.05, 0) is 71.6 Å². The van der Waals surface area contributed by atoms with Gasteiger partial charge in [0.2, 0.25) is 0 Å². The van der Waals surface area contributed by atoms with Crippen molar-refractivity contribution in [3.05, 3.63) is 124 Å². The van der Waals surface area contributed by atoms with Gasteiger partial charge in [-0.2, -0.15) is 5.26 Å². The number of amides is 2. The number of hydrogen-bond acceptors (Lipinski definition) is 8. The summed E-state index contributed by atoms with van der Waals surface area (Å²) < 4.78 is 14.6. The number of pyridine rings is 1. The third-order valence-electron chi connectivity index (χ3n) is 7.25. The van der Waals surface area contributed by atoms with Crippen LogP contribution >= 0.6 is 11.6 Å². The number of carbonyl (C=O) groups excluding carboxylic acids is 2. The number of halogens is 2. The van der Waals surface area contributed by atoms with Crippen LogP contribution in [0.15, 0.2) is 90.9 Å². The number of anilines is 2. The molecule has 0 saturated heterocycles. The first kappa shape index (κ1) is 30.7. The predicted octanol–water partition coefficient (Wildman–Crippen LogP) is 4.36. The maximum atomic E-state index is 14.6. The van der Waals surface area contributed by atoms with Gasteiger partial charge >= 0.3 is 5.97 Å². The maximum Gasteiger partial charge on any atom is 0.335 e. The van der Waals surface area contributed by atoms with E-state index < -0.39 is 29.6 Å². The molecule has 226 valence electrons. The Morgan fingerprint density at radius 1 is 1.11 bits per heavy atom. The molecule has 45 heavy (non-hydrogen) atoms. The van der Waals surface area contributed by atoms with Crippen LogP contribution in [-0.2, 0) is 16.0 Å². The molecule has 2 heterocycles. The summed E-state index contributed by atoms with van der Waals surface area (Å²) in [6, 6.07) is 19.2. The molecule has 0 fully saturated rings. The second-order valence-corrected chi connectivity index (χ2v) is 10.4. The highest BCUT2D eigenvalue weighted by molar-refractivity contribution is 6.31. The molecule has 2 amide bonds. The van der Waals surface area contributed by atoms with E-state index in [4.69, 9.17) is 28.4 Å². The molecule has 0 bridgehead atoms. The standard InChI is InChI=1S/C32H25ClFN7O4/c33-25-5-2-6-27(28(25)34)41(37)17-26(36)31(43)40-14-13-23-22(19-9-12-21(15-35)38-16-19)3-1-4-24(23)29(40)30(42)39-20-10-7-18(8-11-20)32(44)45/h1-12,16-17,29H,13-14,36-37H2,(H,39,42)(H,44,45)/b26-17-. The van der Waals surface area contributed by atoms with E-state index in [9.17, 15) is 23.9 Å². The number of hydrazine groups is 1. The van der Waals surface area contributed by atoms with Crippen LogP contribution in [0.5, 0.6) is 0 Å². The first-order valence-corrected chi connectivity index (χ1v) is 13.9. The van der Waals surface area contributed by atoms with Gasteiger partial charge in [0, 0.05) is 24.0 Å². The first-order valence-electron chi connectivity index (χ1n) is 13.5. The maximum absolute atomic E-state index is 14.6. The molecular formula is C32H25ClFN7O4. The van der Waals surface area contributed by atoms with E-state index in [1.165, 1.54) is 47.4 Å². The van der Waals surface area contributed by atoms with E-state index in [1.54, 1.807) is 30.5 Å². The van der Waals surface area contributed by atoms with E-state index in [-0.39, 0.29) is 34.2 Å². The van der Waals surface area contributed by atoms with Gasteiger partial charge in [-0.15, -0.1) is 0 Å². The minimum Gasteiger partial charge on any atom is -0.478 e. The lowest BCUT2D eigenvalue weighted by Crippen LogP contribution is -2.47. The zero-order valence-electron chi connectivity index (χ0n) is 23.4. The van der Waals surface area contributed by atoms with Crippen LogP contribution in [0.2, 0.25) is 5.02 Å². The molecule has 4 aromatic rings. The topological polar surface area (TPSA) is 179 Å². The molecular weight excluding hydrogens is 601 g/mol. The molecule has 5 rings (SSSR count). The molecule has 0 saturated carbocycles. The lowest BCUT2D eigenvalue weighted by molar-refractivity contribution is -0.136. The van der Waals surface area contributed by atoms with Crippen molar-refractivity contribution in [3.63, 3.8) is 0 Å². The number of carboxylic acids is 1. The zero-order chi connectivity index (χ0) is 32.2. The molecule has 0 spiro atoms. The Bertz CT molecular complexity index is 1870. The minimum atomic E-state index is -1.17. The van der Waals surface area contributed by atoms with Crippen molar-refractivity contribution < 1.29 is 23.9 Å². The van der Waals surface area contributed by atoms with Crippen molar-refractivity contribution in [2.24, 2.45) is 11.6 Å². The van der Waals surface area contributed by atoms with Crippen molar-refractivity contribution in [1.82, 2.24) is 9.88 Å². The number of nitrogens with zero attached hydrogens (tertiary/aromatic N) is 4. The van der Waals surface area contributed by atoms with E-state index in [0.717, 1.165) is 27.9 Å². The minimum absolute atomic E-state index is 0.0360. The first-order chi connectivity index (χ1) is 21.6. The molecule has 1 aromatic heterocycles. The lowest BCUT2D eigenvalue weighted by atomic mass is 9.86. The highest BCUT2D eigenvalue weighted by atomic mass is 35.5. The zero-order valence-corrected chi connectivity index (χ0v) is 24.2. The fourth-order valence-corrected chi connectivity index (χ4v) is 5.27. The molecule has 1 atom stereocenters. The summed E-state index contributed by atoms with van der Waals surface area (Å²) >= 11 is 5.87. The number of fused-ring (bicyclic) bond motifs is 1. The Hall–Kier alpha value is -5.77. The van der Waals surface area contributed by atoms with Gasteiger partial charge in [-0.3, -0.25) is 14.6 Å². The smallest absolute Gasteiger partial charge is 0.335 e. The molecule has 0 aliphatic carbocycles. The van der Waals surface area contributed by atoms with Gasteiger partial charge < -0.3 is 21.1 Å². The van der Waals surface area contributed by atoms with Crippen LogP contribution in [0.4, 0.5) is 15.8 Å². The van der Waals surface area contributed by atoms with Gasteiger partial charge in [-0.1, -0.05) is 35.9 Å². The number of hydrogen-bond donors (Lipinski definition) is 4. The van der Waals surface area contributed by atoms with E-state index in [1.807, 2.05) is 12.1 Å². The van der Waals surface area contributed by atoms with Crippen LogP contribution in [0.25, 0.3) is 11.1 Å². The van der Waals surface area contributed by atoms with Gasteiger partial charge in [0.05, 0.1) is 22.5 Å². The van der Waals surface area contributed by atoms with Gasteiger partial charge in [0.15, 0.2) is 5.82 Å². The van der Waals surface area contributed by atoms with Crippen LogP contribution in [0.1, 0.15) is 33.2 Å². The van der Waals surface area contributed by atoms with Gasteiger partial charge in [0.1, 0.15) is 23.5 Å². The summed E-state index contributed by atoms with van der Waals surface area (Å²) in [7, 11) is 0. The van der Waals surface area contributed by atoms with Crippen LogP contribution in [0, 0.1) is 17.1 Å². The Labute approximate surface area is 261 Å². The van der Waals surface area contributed by atoms with E-state index in [0.29, 0.717) is 17.7 Å². The molecule has 1 aliphatic heterocycles. The Balaban J connectivity index is 1.53. The highest BCUT2D eigenvalue weighted by Gasteiger charge is 2.38. The number of aromatic carboxylic acids is 1. The largest absolute Gasteiger partial charge is 0.478 e. The predicted molar refractivity (Wildman–Crippen MR) is 165 cm³/mol. The fraction of sp³-hybridized carbons (Fsp3) is 0.0938. The van der Waals surface area contributed by atoms with Crippen LogP contribution < -0.4 is 21.9 Å². The summed E-state index contributed by atoms with van der Waals surface area (Å²) in [6.07, 6.45) is 2.96. The number of carbonyl (C=O) groups is 3. The quantitative estimate of drug-likeness (QED) is 0.132. The van der Waals surface area contributed by atoms with Crippen molar-refractivity contribution in [1.29, 1.82) is 5.26 Å². The number of benzene rings is 3. The average Bonchev–Trinajstić information content (AvgIpc) is 3.04. The van der Waals surface area contributed by atoms with E-state index in [2.05, 4.69) is 10.3 Å². The molecule has 3 aromatic carbocycles. The monoisotopic (exact) mass is 625 g/mol. The third kappa shape index (κ3) is 6.30. The van der Waals surface area contributed by atoms with Crippen molar-refractivity contribution in [3.8, 4) is 17.2 Å². The second-order valence-electron chi connectivity index (χ2n) is 10.0. The van der Waals surface area contributed by atoms with Crippen LogP contribution in [-0.4, -0.2) is 39.3 Å². The van der Waals surface area contributed by atoms with Crippen molar-refractivity contribution in [2.75, 3.05) is 16.9 Å². The summed E-state index contributed by atoms with van der Waals surface area (Å²) in [5, 5.41) is 21.8. The molecule has 11 nitrogen and oxygen atoms in total. The third-order valence-corrected chi connectivity index (χ3v) is 7.55. The van der Waals surface area contributed by atoms with E-state index >= 15 is 0 Å². The number of nitrogens with one attached hydrogen (secondary N) is 1. The molecule has 1 aliphatic rings. The van der Waals surface area contributed by atoms with Crippen LogP contribution in [0.3, 0.4) is 0 Å². The number of nitriles is 1. The molecule has 13 heteroatoms. The highest BCUT2D eigenvalue weighted by Crippen LogP contribution is 2.37. The summed E-state index contributed by atoms with van der Waals surface area (Å²) in [4.78, 5) is 44.4. The SMILES string of the molecule is N#Cc1ccc(-c2cccc3c2CCN(C(=O)/C(N)=C/N(N)c2cccc(Cl)c2F)C3C(=O)Nc2ccc(C(=O)O)cc2)cn1. The number of aromatic nitrogens is 1. The number of carboxylic acid groups (broad SMARTS) is 1. The number of nitrogens with two attached hydrogens (primary N) is 2. The lowest BCUT2D eigenvalue weighted by Gasteiger charge is -2.37. The summed E-state index contributed by atoms with van der Waals surface area (Å²) in [6.45, 7) is 0.0766. The van der Waals surface area contributed by atoms with Gasteiger partial charge in [0.25, 0.3) is 11.8 Å². The fourth-order valence-electron chi connectivity index (χ4n) is 5.10. The molecule has 0 radical (unpaired) electrons. The average molecular weight is 626 g/mol. The number of rotatable bonds is 7. The molecule has 1 unspecified atom stereocenters. The van der Waals surface area contributed by atoms with Crippen molar-refractivity contribution in [2.45, 2.75) is 12.5 Å². The Morgan fingerprint density at radius 2 is 1.84 bits per heavy atom. The normalized spacial score (nSPS) is 14.2. The second kappa shape index (κ2) is 12.8. The van der Waals surface area contributed by atoms with Crippen molar-refractivity contribution >= 4 is 40.8 Å². The summed E-state index contributed by atoms with van der Waals surface area (Å²) in [5.74, 6) is 2.77. The Morgan fingerprint density at radius 3 is 2.51 bits per heavy atom.